The molecule has 1 unspecified atom stereocenters. The van der Waals surface area contributed by atoms with Crippen LogP contribution in [0.1, 0.15) is 5.69 Å². The number of carbonyl (C=O) groups is 1. The third-order valence-electron chi connectivity index (χ3n) is 4.86. The number of pyridine rings is 2. The van der Waals surface area contributed by atoms with Gasteiger partial charge in [-0.15, -0.1) is 0 Å². The lowest BCUT2D eigenvalue weighted by Gasteiger charge is -2.13. The molecule has 7 nitrogen and oxygen atoms in total. The summed E-state index contributed by atoms with van der Waals surface area (Å²) in [5.41, 5.74) is 8.16. The number of carboxylic acids is 1. The van der Waals surface area contributed by atoms with E-state index in [1.165, 1.54) is 16.7 Å². The number of imidazole rings is 1. The van der Waals surface area contributed by atoms with Crippen molar-refractivity contribution in [2.24, 2.45) is 12.8 Å². The van der Waals surface area contributed by atoms with Crippen LogP contribution in [0.5, 0.6) is 0 Å². The molecule has 0 spiro atoms. The Balaban J connectivity index is 1.93. The molecule has 0 amide bonds. The maximum Gasteiger partial charge on any atom is 0.320 e. The van der Waals surface area contributed by atoms with Gasteiger partial charge in [-0.3, -0.25) is 9.59 Å². The Morgan fingerprint density at radius 2 is 2.04 bits per heavy atom. The molecule has 8 heteroatoms. The van der Waals surface area contributed by atoms with Gasteiger partial charge in [0, 0.05) is 42.5 Å². The summed E-state index contributed by atoms with van der Waals surface area (Å²) in [6, 6.07) is 8.30. The second-order valence-corrected chi connectivity index (χ2v) is 6.63. The van der Waals surface area contributed by atoms with E-state index in [0.717, 1.165) is 0 Å². The van der Waals surface area contributed by atoms with Crippen molar-refractivity contribution in [2.75, 3.05) is 0 Å². The van der Waals surface area contributed by atoms with Gasteiger partial charge in [0.1, 0.15) is 17.5 Å². The number of aliphatic carboxylic acids is 1. The van der Waals surface area contributed by atoms with Gasteiger partial charge in [0.05, 0.1) is 11.1 Å². The lowest BCUT2D eigenvalue weighted by atomic mass is 10.0. The predicted octanol–water partition coefficient (Wildman–Crippen LogP) is 1.95. The van der Waals surface area contributed by atoms with Crippen molar-refractivity contribution in [1.82, 2.24) is 14.0 Å². The van der Waals surface area contributed by atoms with Crippen molar-refractivity contribution in [3.63, 3.8) is 0 Å². The minimum atomic E-state index is -1.09. The summed E-state index contributed by atoms with van der Waals surface area (Å²) in [6.45, 7) is 0. The Morgan fingerprint density at radius 3 is 2.79 bits per heavy atom. The maximum atomic E-state index is 13.7. The molecule has 4 aromatic rings. The van der Waals surface area contributed by atoms with Gasteiger partial charge in [-0.25, -0.2) is 9.37 Å². The highest BCUT2D eigenvalue weighted by Gasteiger charge is 2.18. The van der Waals surface area contributed by atoms with Gasteiger partial charge in [-0.2, -0.15) is 0 Å². The SMILES string of the molecule is Cn1c(=O)c(-c2ccc(CC(N)C(=O)O)n3ccnc23)cc2cc(F)ccc21. The van der Waals surface area contributed by atoms with Crippen molar-refractivity contribution in [3.05, 3.63) is 70.7 Å². The zero-order valence-corrected chi connectivity index (χ0v) is 15.0. The van der Waals surface area contributed by atoms with E-state index in [4.69, 9.17) is 10.8 Å². The van der Waals surface area contributed by atoms with E-state index in [1.54, 1.807) is 48.1 Å². The normalized spacial score (nSPS) is 12.5. The highest BCUT2D eigenvalue weighted by atomic mass is 19.1. The van der Waals surface area contributed by atoms with E-state index in [1.807, 2.05) is 0 Å². The number of halogens is 1. The summed E-state index contributed by atoms with van der Waals surface area (Å²) in [6.07, 6.45) is 3.37. The Labute approximate surface area is 158 Å². The quantitative estimate of drug-likeness (QED) is 0.563. The van der Waals surface area contributed by atoms with Crippen LogP contribution in [-0.2, 0) is 18.3 Å². The van der Waals surface area contributed by atoms with E-state index in [0.29, 0.717) is 33.4 Å². The number of nitrogens with two attached hydrogens (primary N) is 1. The minimum Gasteiger partial charge on any atom is -0.480 e. The van der Waals surface area contributed by atoms with Gasteiger partial charge < -0.3 is 19.8 Å². The van der Waals surface area contributed by atoms with Gasteiger partial charge in [-0.1, -0.05) is 0 Å². The predicted molar refractivity (Wildman–Crippen MR) is 103 cm³/mol. The van der Waals surface area contributed by atoms with Gasteiger partial charge in [0.15, 0.2) is 0 Å². The van der Waals surface area contributed by atoms with Gasteiger partial charge >= 0.3 is 5.97 Å². The molecule has 28 heavy (non-hydrogen) atoms. The number of nitrogens with zero attached hydrogens (tertiary/aromatic N) is 3. The molecule has 3 aromatic heterocycles. The number of hydrogen-bond acceptors (Lipinski definition) is 4. The Bertz CT molecular complexity index is 1290. The lowest BCUT2D eigenvalue weighted by molar-refractivity contribution is -0.138. The maximum absolute atomic E-state index is 13.7. The lowest BCUT2D eigenvalue weighted by Crippen LogP contribution is -2.32. The monoisotopic (exact) mass is 380 g/mol. The number of aryl methyl sites for hydroxylation is 1. The minimum absolute atomic E-state index is 0.114. The fourth-order valence-corrected chi connectivity index (χ4v) is 3.40. The Hall–Kier alpha value is -3.52. The molecule has 3 heterocycles. The highest BCUT2D eigenvalue weighted by Crippen LogP contribution is 2.26. The first-order valence-corrected chi connectivity index (χ1v) is 8.60. The van der Waals surface area contributed by atoms with Crippen molar-refractivity contribution in [3.8, 4) is 11.1 Å². The molecule has 3 N–H and O–H groups in total. The Morgan fingerprint density at radius 1 is 1.25 bits per heavy atom. The third-order valence-corrected chi connectivity index (χ3v) is 4.86. The van der Waals surface area contributed by atoms with Crippen molar-refractivity contribution >= 4 is 22.5 Å². The molecule has 1 atom stereocenters. The average molecular weight is 380 g/mol. The molecule has 0 aliphatic rings. The molecule has 1 aromatic carbocycles. The summed E-state index contributed by atoms with van der Waals surface area (Å²) < 4.78 is 16.9. The first kappa shape index (κ1) is 17.9. The Kier molecular flexibility index (Phi) is 4.20. The van der Waals surface area contributed by atoms with Gasteiger partial charge in [-0.05, 0) is 36.4 Å². The standard InChI is InChI=1S/C20H17FN4O3/c1-24-17-5-2-12(21)8-11(17)9-15(19(24)26)14-4-3-13(10-16(22)20(27)28)25-7-6-23-18(14)25/h2-9,16H,10,22H2,1H3,(H,27,28). The van der Waals surface area contributed by atoms with E-state index >= 15 is 0 Å². The number of rotatable bonds is 4. The van der Waals surface area contributed by atoms with Crippen molar-refractivity contribution in [2.45, 2.75) is 12.5 Å². The smallest absolute Gasteiger partial charge is 0.320 e. The number of fused-ring (bicyclic) bond motifs is 2. The molecular weight excluding hydrogens is 363 g/mol. The summed E-state index contributed by atoms with van der Waals surface area (Å²) in [4.78, 5) is 28.3. The van der Waals surface area contributed by atoms with E-state index in [2.05, 4.69) is 4.98 Å². The fraction of sp³-hybridized carbons (Fsp3) is 0.150. The van der Waals surface area contributed by atoms with Crippen molar-refractivity contribution in [1.29, 1.82) is 0 Å². The second kappa shape index (κ2) is 6.58. The number of hydrogen-bond donors (Lipinski definition) is 2. The number of aromatic nitrogens is 3. The zero-order valence-electron chi connectivity index (χ0n) is 15.0. The molecule has 0 aliphatic carbocycles. The van der Waals surface area contributed by atoms with Crippen molar-refractivity contribution < 1.29 is 14.3 Å². The molecule has 0 bridgehead atoms. The van der Waals surface area contributed by atoms with Crippen LogP contribution in [0.15, 0.2) is 53.6 Å². The van der Waals surface area contributed by atoms with E-state index < -0.39 is 12.0 Å². The van der Waals surface area contributed by atoms with Gasteiger partial charge in [0.25, 0.3) is 5.56 Å². The molecule has 0 saturated carbocycles. The van der Waals surface area contributed by atoms with Crippen LogP contribution >= 0.6 is 0 Å². The van der Waals surface area contributed by atoms with Crippen LogP contribution in [0.4, 0.5) is 4.39 Å². The summed E-state index contributed by atoms with van der Waals surface area (Å²) in [5.74, 6) is -1.48. The fourth-order valence-electron chi connectivity index (χ4n) is 3.40. The zero-order chi connectivity index (χ0) is 20.0. The molecule has 0 saturated heterocycles. The topological polar surface area (TPSA) is 103 Å². The first-order valence-electron chi connectivity index (χ1n) is 8.60. The van der Waals surface area contributed by atoms with Crippen LogP contribution in [0.3, 0.4) is 0 Å². The van der Waals surface area contributed by atoms with Crippen LogP contribution in [0, 0.1) is 5.82 Å². The summed E-state index contributed by atoms with van der Waals surface area (Å²) >= 11 is 0. The van der Waals surface area contributed by atoms with Crippen LogP contribution in [0.2, 0.25) is 0 Å². The van der Waals surface area contributed by atoms with Crippen LogP contribution < -0.4 is 11.3 Å². The van der Waals surface area contributed by atoms with E-state index in [-0.39, 0.29) is 17.8 Å². The number of carboxylic acid groups (broad SMARTS) is 1. The molecule has 0 fully saturated rings. The molecular formula is C20H17FN4O3. The summed E-state index contributed by atoms with van der Waals surface area (Å²) in [5, 5.41) is 9.66. The molecule has 4 rings (SSSR count). The largest absolute Gasteiger partial charge is 0.480 e. The second-order valence-electron chi connectivity index (χ2n) is 6.63. The summed E-state index contributed by atoms with van der Waals surface area (Å²) in [7, 11) is 1.63. The molecule has 0 radical (unpaired) electrons. The van der Waals surface area contributed by atoms with Gasteiger partial charge in [0.2, 0.25) is 0 Å². The number of benzene rings is 1. The highest BCUT2D eigenvalue weighted by molar-refractivity contribution is 5.87. The first-order chi connectivity index (χ1) is 13.4. The average Bonchev–Trinajstić information content (AvgIpc) is 3.15. The van der Waals surface area contributed by atoms with E-state index in [9.17, 15) is 14.0 Å². The van der Waals surface area contributed by atoms with Crippen LogP contribution in [-0.4, -0.2) is 31.1 Å². The van der Waals surface area contributed by atoms with Crippen LogP contribution in [0.25, 0.3) is 27.7 Å². The third kappa shape index (κ3) is 2.84. The molecule has 142 valence electrons. The molecule has 0 aliphatic heterocycles.